The average molecular weight is 314 g/mol. The predicted molar refractivity (Wildman–Crippen MR) is 82.6 cm³/mol. The number of thiophene rings is 1. The van der Waals surface area contributed by atoms with Gasteiger partial charge in [0.15, 0.2) is 0 Å². The molecule has 2 N–H and O–H groups in total. The summed E-state index contributed by atoms with van der Waals surface area (Å²) in [6.07, 6.45) is 6.34. The first-order valence-corrected chi connectivity index (χ1v) is 9.97. The van der Waals surface area contributed by atoms with Crippen LogP contribution in [-0.4, -0.2) is 26.8 Å². The third-order valence-electron chi connectivity index (χ3n) is 4.21. The van der Waals surface area contributed by atoms with Gasteiger partial charge in [-0.25, -0.2) is 13.1 Å². The van der Waals surface area contributed by atoms with E-state index in [-0.39, 0.29) is 17.8 Å². The summed E-state index contributed by atoms with van der Waals surface area (Å²) in [7, 11) is -3.21. The van der Waals surface area contributed by atoms with Gasteiger partial charge in [-0.15, -0.1) is 11.3 Å². The highest BCUT2D eigenvalue weighted by atomic mass is 32.2. The molecule has 3 rings (SSSR count). The van der Waals surface area contributed by atoms with E-state index in [1.807, 2.05) is 0 Å². The molecule has 112 valence electrons. The SMILES string of the molecule is O=S(=O)(CC1CCCCN1)NC1CCCc2sccc21. The van der Waals surface area contributed by atoms with Gasteiger partial charge in [-0.05, 0) is 55.7 Å². The lowest BCUT2D eigenvalue weighted by Crippen LogP contribution is -2.43. The van der Waals surface area contributed by atoms with E-state index in [9.17, 15) is 8.42 Å². The topological polar surface area (TPSA) is 58.2 Å². The Balaban J connectivity index is 1.65. The minimum Gasteiger partial charge on any atom is -0.313 e. The lowest BCUT2D eigenvalue weighted by atomic mass is 9.95. The van der Waals surface area contributed by atoms with Crippen LogP contribution in [0.15, 0.2) is 11.4 Å². The second kappa shape index (κ2) is 6.13. The number of piperidine rings is 1. The molecule has 6 heteroatoms. The number of rotatable bonds is 4. The van der Waals surface area contributed by atoms with Crippen molar-refractivity contribution in [3.63, 3.8) is 0 Å². The van der Waals surface area contributed by atoms with E-state index in [0.717, 1.165) is 45.1 Å². The second-order valence-electron chi connectivity index (χ2n) is 5.79. The van der Waals surface area contributed by atoms with Crippen LogP contribution in [-0.2, 0) is 16.4 Å². The first-order valence-electron chi connectivity index (χ1n) is 7.44. The fourth-order valence-corrected chi connectivity index (χ4v) is 5.78. The molecule has 1 fully saturated rings. The maximum Gasteiger partial charge on any atom is 0.213 e. The zero-order valence-corrected chi connectivity index (χ0v) is 13.2. The van der Waals surface area contributed by atoms with Gasteiger partial charge in [0.1, 0.15) is 0 Å². The van der Waals surface area contributed by atoms with Crippen LogP contribution in [0.25, 0.3) is 0 Å². The Morgan fingerprint density at radius 1 is 1.30 bits per heavy atom. The molecule has 1 aliphatic heterocycles. The summed E-state index contributed by atoms with van der Waals surface area (Å²) in [6.45, 7) is 0.943. The lowest BCUT2D eigenvalue weighted by molar-refractivity contribution is 0.420. The molecule has 1 aromatic heterocycles. The minimum atomic E-state index is -3.21. The number of hydrogen-bond donors (Lipinski definition) is 2. The second-order valence-corrected chi connectivity index (χ2v) is 8.59. The smallest absolute Gasteiger partial charge is 0.213 e. The van der Waals surface area contributed by atoms with E-state index in [1.165, 1.54) is 10.4 Å². The molecule has 2 unspecified atom stereocenters. The summed E-state index contributed by atoms with van der Waals surface area (Å²) in [6, 6.07) is 2.18. The normalized spacial score (nSPS) is 27.2. The molecule has 0 radical (unpaired) electrons. The number of fused-ring (bicyclic) bond motifs is 1. The summed E-state index contributed by atoms with van der Waals surface area (Å²) in [5.41, 5.74) is 1.20. The van der Waals surface area contributed by atoms with E-state index in [4.69, 9.17) is 0 Å². The fraction of sp³-hybridized carbons (Fsp3) is 0.714. The van der Waals surface area contributed by atoms with Crippen LogP contribution in [0, 0.1) is 0 Å². The number of aryl methyl sites for hydroxylation is 1. The van der Waals surface area contributed by atoms with Crippen molar-refractivity contribution in [3.8, 4) is 0 Å². The van der Waals surface area contributed by atoms with Gasteiger partial charge in [-0.3, -0.25) is 0 Å². The predicted octanol–water partition coefficient (Wildman–Crippen LogP) is 2.19. The molecule has 0 bridgehead atoms. The summed E-state index contributed by atoms with van der Waals surface area (Å²) >= 11 is 1.74. The van der Waals surface area contributed by atoms with E-state index < -0.39 is 10.0 Å². The molecule has 0 saturated carbocycles. The molecule has 0 aromatic carbocycles. The molecule has 1 saturated heterocycles. The quantitative estimate of drug-likeness (QED) is 0.895. The summed E-state index contributed by atoms with van der Waals surface area (Å²) < 4.78 is 27.6. The van der Waals surface area contributed by atoms with Gasteiger partial charge in [0.05, 0.1) is 5.75 Å². The van der Waals surface area contributed by atoms with Gasteiger partial charge in [-0.1, -0.05) is 6.42 Å². The molecule has 1 aliphatic carbocycles. The monoisotopic (exact) mass is 314 g/mol. The first-order chi connectivity index (χ1) is 9.64. The number of nitrogens with one attached hydrogen (secondary N) is 2. The maximum atomic E-state index is 12.4. The molecule has 1 aromatic rings. The van der Waals surface area contributed by atoms with Crippen LogP contribution in [0.4, 0.5) is 0 Å². The van der Waals surface area contributed by atoms with E-state index >= 15 is 0 Å². The highest BCUT2D eigenvalue weighted by Gasteiger charge is 2.27. The van der Waals surface area contributed by atoms with E-state index in [1.54, 1.807) is 11.3 Å². The van der Waals surface area contributed by atoms with Crippen LogP contribution in [0.2, 0.25) is 0 Å². The standard InChI is InChI=1S/C14H22N2O2S2/c17-20(18,10-11-4-1-2-8-15-11)16-13-5-3-6-14-12(13)7-9-19-14/h7,9,11,13,15-16H,1-6,8,10H2. The summed E-state index contributed by atoms with van der Waals surface area (Å²) in [5.74, 6) is 0.211. The highest BCUT2D eigenvalue weighted by molar-refractivity contribution is 7.89. The van der Waals surface area contributed by atoms with Gasteiger partial charge < -0.3 is 5.32 Å². The fourth-order valence-electron chi connectivity index (χ4n) is 3.20. The van der Waals surface area contributed by atoms with E-state index in [0.29, 0.717) is 0 Å². The van der Waals surface area contributed by atoms with Crippen molar-refractivity contribution < 1.29 is 8.42 Å². The average Bonchev–Trinajstić information content (AvgIpc) is 2.88. The zero-order chi connectivity index (χ0) is 14.0. The Morgan fingerprint density at radius 2 is 2.20 bits per heavy atom. The largest absolute Gasteiger partial charge is 0.313 e. The molecule has 2 aliphatic rings. The molecule has 4 nitrogen and oxygen atoms in total. The van der Waals surface area contributed by atoms with Gasteiger partial charge in [0, 0.05) is 17.0 Å². The van der Waals surface area contributed by atoms with Crippen LogP contribution >= 0.6 is 11.3 Å². The lowest BCUT2D eigenvalue weighted by Gasteiger charge is -2.27. The highest BCUT2D eigenvalue weighted by Crippen LogP contribution is 2.33. The minimum absolute atomic E-state index is 0.0152. The van der Waals surface area contributed by atoms with Crippen molar-refractivity contribution in [2.24, 2.45) is 0 Å². The van der Waals surface area contributed by atoms with Crippen LogP contribution in [0.3, 0.4) is 0 Å². The van der Waals surface area contributed by atoms with Gasteiger partial charge in [0.2, 0.25) is 10.0 Å². The van der Waals surface area contributed by atoms with Gasteiger partial charge in [-0.2, -0.15) is 0 Å². The van der Waals surface area contributed by atoms with Crippen molar-refractivity contribution in [3.05, 3.63) is 21.9 Å². The van der Waals surface area contributed by atoms with Crippen molar-refractivity contribution in [2.75, 3.05) is 12.3 Å². The molecular formula is C14H22N2O2S2. The third-order valence-corrected chi connectivity index (χ3v) is 6.69. The third kappa shape index (κ3) is 3.42. The Morgan fingerprint density at radius 3 is 3.00 bits per heavy atom. The number of sulfonamides is 1. The first kappa shape index (κ1) is 14.5. The Hall–Kier alpha value is -0.430. The molecule has 2 heterocycles. The Labute approximate surface area is 125 Å². The Kier molecular flexibility index (Phi) is 4.45. The maximum absolute atomic E-state index is 12.4. The van der Waals surface area contributed by atoms with Crippen molar-refractivity contribution >= 4 is 21.4 Å². The van der Waals surface area contributed by atoms with Gasteiger partial charge in [0.25, 0.3) is 0 Å². The number of hydrogen-bond acceptors (Lipinski definition) is 4. The Bertz CT molecular complexity index is 547. The van der Waals surface area contributed by atoms with Crippen LogP contribution in [0.5, 0.6) is 0 Å². The van der Waals surface area contributed by atoms with Crippen molar-refractivity contribution in [2.45, 2.75) is 50.6 Å². The van der Waals surface area contributed by atoms with E-state index in [2.05, 4.69) is 21.5 Å². The summed E-state index contributed by atoms with van der Waals surface area (Å²) in [5, 5.41) is 5.38. The van der Waals surface area contributed by atoms with Crippen LogP contribution in [0.1, 0.15) is 48.6 Å². The molecule has 20 heavy (non-hydrogen) atoms. The summed E-state index contributed by atoms with van der Waals surface area (Å²) in [4.78, 5) is 1.35. The molecule has 0 spiro atoms. The molecule has 0 amide bonds. The van der Waals surface area contributed by atoms with Crippen molar-refractivity contribution in [1.29, 1.82) is 0 Å². The van der Waals surface area contributed by atoms with Crippen molar-refractivity contribution in [1.82, 2.24) is 10.0 Å². The van der Waals surface area contributed by atoms with Crippen LogP contribution < -0.4 is 10.0 Å². The zero-order valence-electron chi connectivity index (χ0n) is 11.6. The molecular weight excluding hydrogens is 292 g/mol. The van der Waals surface area contributed by atoms with Gasteiger partial charge >= 0.3 is 0 Å². The molecule has 2 atom stereocenters.